The van der Waals surface area contributed by atoms with Crippen LogP contribution in [0.5, 0.6) is 0 Å². The summed E-state index contributed by atoms with van der Waals surface area (Å²) in [4.78, 5) is 6.69. The monoisotopic (exact) mass is 208 g/mol. The highest BCUT2D eigenvalue weighted by atomic mass is 16.5. The van der Waals surface area contributed by atoms with Crippen LogP contribution in [0.4, 0.5) is 5.95 Å². The molecule has 1 aromatic rings. The Balaban J connectivity index is 1.71. The van der Waals surface area contributed by atoms with Crippen LogP contribution in [0, 0.1) is 0 Å². The molecule has 0 atom stereocenters. The van der Waals surface area contributed by atoms with Crippen molar-refractivity contribution in [3.63, 3.8) is 0 Å². The minimum atomic E-state index is 0.441. The van der Waals surface area contributed by atoms with Gasteiger partial charge in [0.25, 0.3) is 5.95 Å². The summed E-state index contributed by atoms with van der Waals surface area (Å²) in [7, 11) is 0. The van der Waals surface area contributed by atoms with Gasteiger partial charge in [0.2, 0.25) is 5.89 Å². The smallest absolute Gasteiger partial charge is 0.266 e. The van der Waals surface area contributed by atoms with Crippen molar-refractivity contribution < 1.29 is 4.52 Å². The predicted molar refractivity (Wildman–Crippen MR) is 56.0 cm³/mol. The van der Waals surface area contributed by atoms with Gasteiger partial charge in [0, 0.05) is 26.2 Å². The van der Waals surface area contributed by atoms with Gasteiger partial charge in [0.15, 0.2) is 0 Å². The summed E-state index contributed by atoms with van der Waals surface area (Å²) in [5.41, 5.74) is 0. The van der Waals surface area contributed by atoms with Gasteiger partial charge >= 0.3 is 0 Å². The van der Waals surface area contributed by atoms with Gasteiger partial charge in [0.1, 0.15) is 0 Å². The van der Waals surface area contributed by atoms with Gasteiger partial charge in [-0.05, 0) is 24.4 Å². The van der Waals surface area contributed by atoms with E-state index in [1.807, 2.05) is 0 Å². The third kappa shape index (κ3) is 1.71. The molecule has 0 aliphatic carbocycles. The average molecular weight is 208 g/mol. The number of anilines is 1. The Morgan fingerprint density at radius 3 is 2.67 bits per heavy atom. The van der Waals surface area contributed by atoms with Gasteiger partial charge in [-0.3, -0.25) is 0 Å². The summed E-state index contributed by atoms with van der Waals surface area (Å²) >= 11 is 0. The summed E-state index contributed by atoms with van der Waals surface area (Å²) in [6, 6.07) is 0. The molecule has 82 valence electrons. The minimum absolute atomic E-state index is 0.441. The zero-order valence-electron chi connectivity index (χ0n) is 8.78. The fraction of sp³-hybridized carbons (Fsp3) is 0.800. The van der Waals surface area contributed by atoms with E-state index in [-0.39, 0.29) is 0 Å². The third-order valence-electron chi connectivity index (χ3n) is 3.20. The highest BCUT2D eigenvalue weighted by Crippen LogP contribution is 2.22. The summed E-state index contributed by atoms with van der Waals surface area (Å²) in [5, 5.41) is 7.26. The Hall–Kier alpha value is -1.10. The van der Waals surface area contributed by atoms with Gasteiger partial charge in [-0.25, -0.2) is 0 Å². The van der Waals surface area contributed by atoms with Crippen molar-refractivity contribution >= 4 is 5.95 Å². The number of piperidine rings is 1. The van der Waals surface area contributed by atoms with Crippen molar-refractivity contribution in [2.75, 3.05) is 31.1 Å². The Morgan fingerprint density at radius 2 is 2.00 bits per heavy atom. The summed E-state index contributed by atoms with van der Waals surface area (Å²) in [6.45, 7) is 4.09. The summed E-state index contributed by atoms with van der Waals surface area (Å²) < 4.78 is 5.28. The molecule has 5 nitrogen and oxygen atoms in total. The molecule has 0 spiro atoms. The Morgan fingerprint density at radius 1 is 1.20 bits per heavy atom. The lowest BCUT2D eigenvalue weighted by atomic mass is 10.0. The molecule has 1 aromatic heterocycles. The van der Waals surface area contributed by atoms with Crippen LogP contribution < -0.4 is 10.2 Å². The fourth-order valence-corrected chi connectivity index (χ4v) is 2.08. The highest BCUT2D eigenvalue weighted by molar-refractivity contribution is 5.28. The van der Waals surface area contributed by atoms with E-state index in [4.69, 9.17) is 4.52 Å². The molecule has 0 saturated carbocycles. The molecular weight excluding hydrogens is 192 g/mol. The lowest BCUT2D eigenvalue weighted by Gasteiger charge is -2.25. The quantitative estimate of drug-likeness (QED) is 0.777. The van der Waals surface area contributed by atoms with Gasteiger partial charge < -0.3 is 14.7 Å². The number of nitrogens with one attached hydrogen (secondary N) is 1. The normalized spacial score (nSPS) is 22.8. The zero-order valence-corrected chi connectivity index (χ0v) is 8.78. The molecular formula is C10H16N4O. The molecule has 2 fully saturated rings. The fourth-order valence-electron chi connectivity index (χ4n) is 2.08. The van der Waals surface area contributed by atoms with E-state index in [1.165, 1.54) is 19.3 Å². The SMILES string of the molecule is C1CCN(c2noc(C3CNC3)n2)CC1. The lowest BCUT2D eigenvalue weighted by molar-refractivity contribution is 0.307. The first-order valence-electron chi connectivity index (χ1n) is 5.73. The van der Waals surface area contributed by atoms with Crippen molar-refractivity contribution in [1.29, 1.82) is 0 Å². The number of rotatable bonds is 2. The predicted octanol–water partition coefficient (Wildman–Crippen LogP) is 0.747. The summed E-state index contributed by atoms with van der Waals surface area (Å²) in [5.74, 6) is 2.03. The van der Waals surface area contributed by atoms with E-state index in [9.17, 15) is 0 Å². The Bertz CT molecular complexity index is 328. The molecule has 0 radical (unpaired) electrons. The second kappa shape index (κ2) is 3.81. The van der Waals surface area contributed by atoms with Gasteiger partial charge in [-0.1, -0.05) is 0 Å². The topological polar surface area (TPSA) is 54.2 Å². The van der Waals surface area contributed by atoms with E-state index >= 15 is 0 Å². The van der Waals surface area contributed by atoms with Crippen molar-refractivity contribution in [1.82, 2.24) is 15.5 Å². The van der Waals surface area contributed by atoms with Crippen molar-refractivity contribution in [2.24, 2.45) is 0 Å². The van der Waals surface area contributed by atoms with Crippen LogP contribution in [0.1, 0.15) is 31.1 Å². The number of hydrogen-bond donors (Lipinski definition) is 1. The molecule has 1 N–H and O–H groups in total. The van der Waals surface area contributed by atoms with E-state index in [0.29, 0.717) is 5.92 Å². The van der Waals surface area contributed by atoms with Crippen molar-refractivity contribution in [2.45, 2.75) is 25.2 Å². The van der Waals surface area contributed by atoms with Crippen LogP contribution in [0.2, 0.25) is 0 Å². The Kier molecular flexibility index (Phi) is 2.32. The molecule has 0 bridgehead atoms. The van der Waals surface area contributed by atoms with Crippen LogP contribution in [0.3, 0.4) is 0 Å². The molecule has 2 aliphatic heterocycles. The molecule has 3 rings (SSSR count). The van der Waals surface area contributed by atoms with E-state index in [1.54, 1.807) is 0 Å². The van der Waals surface area contributed by atoms with Gasteiger partial charge in [0.05, 0.1) is 5.92 Å². The number of aromatic nitrogens is 2. The first-order chi connectivity index (χ1) is 7.43. The second-order valence-electron chi connectivity index (χ2n) is 4.34. The molecule has 5 heteroatoms. The third-order valence-corrected chi connectivity index (χ3v) is 3.20. The number of nitrogens with zero attached hydrogens (tertiary/aromatic N) is 3. The molecule has 0 aromatic carbocycles. The van der Waals surface area contributed by atoms with Crippen LogP contribution >= 0.6 is 0 Å². The second-order valence-corrected chi connectivity index (χ2v) is 4.34. The van der Waals surface area contributed by atoms with Crippen LogP contribution in [-0.4, -0.2) is 36.3 Å². The van der Waals surface area contributed by atoms with Crippen LogP contribution in [0.25, 0.3) is 0 Å². The largest absolute Gasteiger partial charge is 0.338 e. The maximum Gasteiger partial charge on any atom is 0.266 e. The number of hydrogen-bond acceptors (Lipinski definition) is 5. The van der Waals surface area contributed by atoms with Crippen molar-refractivity contribution in [3.05, 3.63) is 5.89 Å². The molecule has 2 aliphatic rings. The van der Waals surface area contributed by atoms with E-state index in [0.717, 1.165) is 38.0 Å². The van der Waals surface area contributed by atoms with Crippen LogP contribution in [-0.2, 0) is 0 Å². The molecule has 0 unspecified atom stereocenters. The standard InChI is InChI=1S/C10H16N4O/c1-2-4-14(5-3-1)10-12-9(15-13-10)8-6-11-7-8/h8,11H,1-7H2. The highest BCUT2D eigenvalue weighted by Gasteiger charge is 2.26. The average Bonchev–Trinajstić information content (AvgIpc) is 2.66. The molecule has 2 saturated heterocycles. The van der Waals surface area contributed by atoms with E-state index < -0.39 is 0 Å². The van der Waals surface area contributed by atoms with Gasteiger partial charge in [-0.2, -0.15) is 4.98 Å². The maximum absolute atomic E-state index is 5.28. The molecule has 15 heavy (non-hydrogen) atoms. The first-order valence-corrected chi connectivity index (χ1v) is 5.73. The Labute approximate surface area is 88.8 Å². The summed E-state index contributed by atoms with van der Waals surface area (Å²) in [6.07, 6.45) is 3.82. The zero-order chi connectivity index (χ0) is 10.1. The first kappa shape index (κ1) is 9.15. The van der Waals surface area contributed by atoms with Crippen molar-refractivity contribution in [3.8, 4) is 0 Å². The lowest BCUT2D eigenvalue weighted by Crippen LogP contribution is -2.40. The van der Waals surface area contributed by atoms with Crippen LogP contribution in [0.15, 0.2) is 4.52 Å². The van der Waals surface area contributed by atoms with E-state index in [2.05, 4.69) is 20.4 Å². The van der Waals surface area contributed by atoms with Gasteiger partial charge in [-0.15, -0.1) is 0 Å². The molecule has 0 amide bonds. The molecule has 3 heterocycles. The maximum atomic E-state index is 5.28. The minimum Gasteiger partial charge on any atom is -0.338 e.